The van der Waals surface area contributed by atoms with Crippen molar-refractivity contribution in [2.75, 3.05) is 6.54 Å². The molecule has 2 unspecified atom stereocenters. The maximum atomic E-state index is 11.9. The van der Waals surface area contributed by atoms with Crippen molar-refractivity contribution in [1.29, 1.82) is 0 Å². The Morgan fingerprint density at radius 3 is 2.67 bits per heavy atom. The summed E-state index contributed by atoms with van der Waals surface area (Å²) in [6.45, 7) is 6.12. The van der Waals surface area contributed by atoms with Crippen molar-refractivity contribution in [1.82, 2.24) is 5.32 Å². The minimum Gasteiger partial charge on any atom is -0.391 e. The Morgan fingerprint density at radius 1 is 1.44 bits per heavy atom. The van der Waals surface area contributed by atoms with Crippen molar-refractivity contribution in [2.45, 2.75) is 33.3 Å². The number of carbonyl (C=O) groups is 1. The topological polar surface area (TPSA) is 49.3 Å². The number of nitrogens with one attached hydrogen (secondary N) is 1. The summed E-state index contributed by atoms with van der Waals surface area (Å²) in [4.78, 5) is 11.9. The van der Waals surface area contributed by atoms with Crippen molar-refractivity contribution >= 4 is 17.5 Å². The molecule has 0 aliphatic rings. The van der Waals surface area contributed by atoms with Crippen LogP contribution in [0.25, 0.3) is 0 Å². The second kappa shape index (κ2) is 6.76. The van der Waals surface area contributed by atoms with Gasteiger partial charge < -0.3 is 10.4 Å². The van der Waals surface area contributed by atoms with Gasteiger partial charge in [-0.05, 0) is 36.6 Å². The van der Waals surface area contributed by atoms with E-state index >= 15 is 0 Å². The highest BCUT2D eigenvalue weighted by Crippen LogP contribution is 2.14. The molecule has 0 aromatic heterocycles. The number of carbonyl (C=O) groups excluding carboxylic acids is 1. The van der Waals surface area contributed by atoms with Crippen LogP contribution >= 0.6 is 11.6 Å². The number of aryl methyl sites for hydroxylation is 1. The molecule has 100 valence electrons. The quantitative estimate of drug-likeness (QED) is 0.864. The summed E-state index contributed by atoms with van der Waals surface area (Å²) in [5.41, 5.74) is 1.46. The maximum absolute atomic E-state index is 11.9. The molecule has 0 fully saturated rings. The van der Waals surface area contributed by atoms with Crippen LogP contribution in [0.3, 0.4) is 0 Å². The van der Waals surface area contributed by atoms with E-state index < -0.39 is 6.10 Å². The lowest BCUT2D eigenvalue weighted by Crippen LogP contribution is -2.35. The van der Waals surface area contributed by atoms with E-state index in [1.165, 1.54) is 0 Å². The molecule has 0 spiro atoms. The molecule has 0 aliphatic heterocycles. The molecular weight excluding hydrogens is 250 g/mol. The standard InChI is InChI=1S/C14H20ClNO2/c1-4-10(3)13(17)8-16-14(18)11-5-9(2)6-12(15)7-11/h5-7,10,13,17H,4,8H2,1-3H3,(H,16,18). The molecule has 0 aliphatic carbocycles. The van der Waals surface area contributed by atoms with Crippen molar-refractivity contribution in [3.8, 4) is 0 Å². The fourth-order valence-electron chi connectivity index (χ4n) is 1.64. The molecule has 4 heteroatoms. The number of rotatable bonds is 5. The fraction of sp³-hybridized carbons (Fsp3) is 0.500. The van der Waals surface area contributed by atoms with E-state index in [2.05, 4.69) is 5.32 Å². The largest absolute Gasteiger partial charge is 0.391 e. The first-order valence-electron chi connectivity index (χ1n) is 6.17. The molecule has 0 radical (unpaired) electrons. The number of hydrogen-bond donors (Lipinski definition) is 2. The zero-order valence-corrected chi connectivity index (χ0v) is 11.8. The first-order valence-corrected chi connectivity index (χ1v) is 6.55. The second-order valence-corrected chi connectivity index (χ2v) is 5.12. The highest BCUT2D eigenvalue weighted by atomic mass is 35.5. The molecule has 2 atom stereocenters. The lowest BCUT2D eigenvalue weighted by molar-refractivity contribution is 0.0850. The van der Waals surface area contributed by atoms with Gasteiger partial charge >= 0.3 is 0 Å². The van der Waals surface area contributed by atoms with Crippen LogP contribution in [0, 0.1) is 12.8 Å². The lowest BCUT2D eigenvalue weighted by atomic mass is 10.0. The lowest BCUT2D eigenvalue weighted by Gasteiger charge is -2.17. The van der Waals surface area contributed by atoms with Crippen LogP contribution in [0.4, 0.5) is 0 Å². The summed E-state index contributed by atoms with van der Waals surface area (Å²) in [5.74, 6) is -0.0330. The molecule has 1 aromatic carbocycles. The molecule has 1 amide bonds. The zero-order chi connectivity index (χ0) is 13.7. The number of aliphatic hydroxyl groups is 1. The normalized spacial score (nSPS) is 14.1. The Morgan fingerprint density at radius 2 is 2.11 bits per heavy atom. The summed E-state index contributed by atoms with van der Waals surface area (Å²) < 4.78 is 0. The zero-order valence-electron chi connectivity index (χ0n) is 11.0. The number of benzene rings is 1. The first kappa shape index (κ1) is 15.0. The highest BCUT2D eigenvalue weighted by molar-refractivity contribution is 6.31. The van der Waals surface area contributed by atoms with Gasteiger partial charge in [0.05, 0.1) is 6.10 Å². The van der Waals surface area contributed by atoms with Crippen LogP contribution in [-0.2, 0) is 0 Å². The molecule has 0 saturated heterocycles. The molecule has 18 heavy (non-hydrogen) atoms. The van der Waals surface area contributed by atoms with Crippen molar-refractivity contribution in [2.24, 2.45) is 5.92 Å². The van der Waals surface area contributed by atoms with Crippen molar-refractivity contribution in [3.05, 3.63) is 34.3 Å². The van der Waals surface area contributed by atoms with Crippen LogP contribution in [0.5, 0.6) is 0 Å². The minimum atomic E-state index is -0.515. The average molecular weight is 270 g/mol. The highest BCUT2D eigenvalue weighted by Gasteiger charge is 2.14. The van der Waals surface area contributed by atoms with Gasteiger partial charge in [-0.1, -0.05) is 31.9 Å². The van der Waals surface area contributed by atoms with E-state index in [4.69, 9.17) is 11.6 Å². The van der Waals surface area contributed by atoms with Gasteiger partial charge in [0.1, 0.15) is 0 Å². The van der Waals surface area contributed by atoms with Crippen LogP contribution in [0.1, 0.15) is 36.2 Å². The Hall–Kier alpha value is -1.06. The van der Waals surface area contributed by atoms with Crippen LogP contribution in [-0.4, -0.2) is 23.7 Å². The Balaban J connectivity index is 2.60. The Labute approximate surface area is 113 Å². The summed E-state index contributed by atoms with van der Waals surface area (Å²) in [6.07, 6.45) is 0.368. The molecule has 3 nitrogen and oxygen atoms in total. The number of halogens is 1. The predicted molar refractivity (Wildman–Crippen MR) is 74.0 cm³/mol. The van der Waals surface area contributed by atoms with Crippen molar-refractivity contribution in [3.63, 3.8) is 0 Å². The number of amides is 1. The van der Waals surface area contributed by atoms with Gasteiger partial charge in [0.2, 0.25) is 0 Å². The van der Waals surface area contributed by atoms with Gasteiger partial charge in [-0.2, -0.15) is 0 Å². The van der Waals surface area contributed by atoms with E-state index in [9.17, 15) is 9.90 Å². The number of hydrogen-bond acceptors (Lipinski definition) is 2. The average Bonchev–Trinajstić information content (AvgIpc) is 2.33. The predicted octanol–water partition coefficient (Wildman–Crippen LogP) is 2.79. The molecule has 2 N–H and O–H groups in total. The van der Waals surface area contributed by atoms with Gasteiger partial charge in [-0.15, -0.1) is 0 Å². The van der Waals surface area contributed by atoms with E-state index in [1.54, 1.807) is 18.2 Å². The van der Waals surface area contributed by atoms with Crippen LogP contribution < -0.4 is 5.32 Å². The monoisotopic (exact) mass is 269 g/mol. The van der Waals surface area contributed by atoms with Crippen molar-refractivity contribution < 1.29 is 9.90 Å². The molecule has 0 saturated carbocycles. The van der Waals surface area contributed by atoms with E-state index in [0.717, 1.165) is 12.0 Å². The van der Waals surface area contributed by atoms with E-state index in [-0.39, 0.29) is 18.4 Å². The van der Waals surface area contributed by atoms with E-state index in [0.29, 0.717) is 10.6 Å². The third kappa shape index (κ3) is 4.31. The Kier molecular flexibility index (Phi) is 5.63. The van der Waals surface area contributed by atoms with Gasteiger partial charge in [-0.25, -0.2) is 0 Å². The fourth-order valence-corrected chi connectivity index (χ4v) is 1.93. The second-order valence-electron chi connectivity index (χ2n) is 4.68. The summed E-state index contributed by atoms with van der Waals surface area (Å²) in [6, 6.07) is 5.20. The molecule has 1 rings (SSSR count). The van der Waals surface area contributed by atoms with Crippen LogP contribution in [0.2, 0.25) is 5.02 Å². The molecule has 0 heterocycles. The minimum absolute atomic E-state index is 0.173. The van der Waals surface area contributed by atoms with Gasteiger partial charge in [0.15, 0.2) is 0 Å². The SMILES string of the molecule is CCC(C)C(O)CNC(=O)c1cc(C)cc(Cl)c1. The van der Waals surface area contributed by atoms with Gasteiger partial charge in [0.25, 0.3) is 5.91 Å². The molecule has 1 aromatic rings. The Bertz CT molecular complexity index is 400. The summed E-state index contributed by atoms with van der Waals surface area (Å²) in [7, 11) is 0. The third-order valence-corrected chi connectivity index (χ3v) is 3.30. The number of aliphatic hydroxyl groups excluding tert-OH is 1. The molecular formula is C14H20ClNO2. The third-order valence-electron chi connectivity index (χ3n) is 3.08. The maximum Gasteiger partial charge on any atom is 0.251 e. The van der Waals surface area contributed by atoms with Gasteiger partial charge in [-0.3, -0.25) is 4.79 Å². The van der Waals surface area contributed by atoms with Crippen LogP contribution in [0.15, 0.2) is 18.2 Å². The van der Waals surface area contributed by atoms with Gasteiger partial charge in [0, 0.05) is 17.1 Å². The first-order chi connectivity index (χ1) is 8.43. The van der Waals surface area contributed by atoms with E-state index in [1.807, 2.05) is 20.8 Å². The molecule has 0 bridgehead atoms. The summed E-state index contributed by atoms with van der Waals surface area (Å²) >= 11 is 5.90. The smallest absolute Gasteiger partial charge is 0.251 e. The summed E-state index contributed by atoms with van der Waals surface area (Å²) in [5, 5.41) is 13.0.